The highest BCUT2D eigenvalue weighted by Crippen LogP contribution is 2.25. The lowest BCUT2D eigenvalue weighted by Gasteiger charge is -2.16. The SMILES string of the molecule is CC(C)(C#N)c1ccc(NCc2ccc(Cl)c(Cl)c2)cc1. The molecule has 0 unspecified atom stereocenters. The summed E-state index contributed by atoms with van der Waals surface area (Å²) in [6, 6.07) is 15.8. The van der Waals surface area contributed by atoms with Crippen molar-refractivity contribution in [2.24, 2.45) is 0 Å². The summed E-state index contributed by atoms with van der Waals surface area (Å²) in [5.74, 6) is 0. The van der Waals surface area contributed by atoms with E-state index in [9.17, 15) is 0 Å². The van der Waals surface area contributed by atoms with Gasteiger partial charge in [0.1, 0.15) is 0 Å². The molecule has 0 aliphatic heterocycles. The number of nitrogens with one attached hydrogen (secondary N) is 1. The molecule has 0 spiro atoms. The molecule has 21 heavy (non-hydrogen) atoms. The maximum Gasteiger partial charge on any atom is 0.0766 e. The molecular formula is C17H16Cl2N2. The second kappa shape index (κ2) is 6.39. The first kappa shape index (κ1) is 15.7. The van der Waals surface area contributed by atoms with E-state index in [1.165, 1.54) is 0 Å². The van der Waals surface area contributed by atoms with Crippen LogP contribution in [0, 0.1) is 11.3 Å². The van der Waals surface area contributed by atoms with Crippen LogP contribution in [0.4, 0.5) is 5.69 Å². The Labute approximate surface area is 135 Å². The highest BCUT2D eigenvalue weighted by molar-refractivity contribution is 6.42. The predicted molar refractivity (Wildman–Crippen MR) is 88.9 cm³/mol. The molecule has 4 heteroatoms. The van der Waals surface area contributed by atoms with E-state index in [0.717, 1.165) is 16.8 Å². The van der Waals surface area contributed by atoms with E-state index in [1.807, 2.05) is 50.2 Å². The number of nitriles is 1. The van der Waals surface area contributed by atoms with Crippen molar-refractivity contribution in [2.75, 3.05) is 5.32 Å². The van der Waals surface area contributed by atoms with Crippen LogP contribution in [0.2, 0.25) is 10.0 Å². The monoisotopic (exact) mass is 318 g/mol. The molecule has 0 saturated carbocycles. The summed E-state index contributed by atoms with van der Waals surface area (Å²) in [4.78, 5) is 0. The normalized spacial score (nSPS) is 11.0. The minimum absolute atomic E-state index is 0.470. The Morgan fingerprint density at radius 3 is 2.29 bits per heavy atom. The second-order valence-electron chi connectivity index (χ2n) is 5.42. The molecule has 0 atom stereocenters. The number of benzene rings is 2. The maximum atomic E-state index is 9.13. The first-order valence-corrected chi connectivity index (χ1v) is 7.37. The van der Waals surface area contributed by atoms with Crippen LogP contribution in [0.1, 0.15) is 25.0 Å². The van der Waals surface area contributed by atoms with Crippen molar-refractivity contribution in [1.82, 2.24) is 0 Å². The average molecular weight is 319 g/mol. The van der Waals surface area contributed by atoms with Crippen molar-refractivity contribution in [3.05, 3.63) is 63.6 Å². The maximum absolute atomic E-state index is 9.13. The lowest BCUT2D eigenvalue weighted by molar-refractivity contribution is 0.687. The smallest absolute Gasteiger partial charge is 0.0766 e. The van der Waals surface area contributed by atoms with Crippen molar-refractivity contribution in [1.29, 1.82) is 5.26 Å². The quantitative estimate of drug-likeness (QED) is 0.818. The molecule has 2 aromatic rings. The summed E-state index contributed by atoms with van der Waals surface area (Å²) >= 11 is 11.9. The van der Waals surface area contributed by atoms with Crippen LogP contribution >= 0.6 is 23.2 Å². The predicted octanol–water partition coefficient (Wildman–Crippen LogP) is 5.41. The van der Waals surface area contributed by atoms with Crippen molar-refractivity contribution in [3.63, 3.8) is 0 Å². The van der Waals surface area contributed by atoms with E-state index in [0.29, 0.717) is 16.6 Å². The Balaban J connectivity index is 2.04. The number of hydrogen-bond donors (Lipinski definition) is 1. The number of nitrogens with zero attached hydrogens (tertiary/aromatic N) is 1. The van der Waals surface area contributed by atoms with Gasteiger partial charge in [0.15, 0.2) is 0 Å². The summed E-state index contributed by atoms with van der Waals surface area (Å²) in [5.41, 5.74) is 2.59. The summed E-state index contributed by atoms with van der Waals surface area (Å²) in [7, 11) is 0. The van der Waals surface area contributed by atoms with E-state index in [1.54, 1.807) is 6.07 Å². The summed E-state index contributed by atoms with van der Waals surface area (Å²) in [5, 5.41) is 13.6. The first-order chi connectivity index (χ1) is 9.92. The summed E-state index contributed by atoms with van der Waals surface area (Å²) in [6.07, 6.45) is 0. The Morgan fingerprint density at radius 2 is 1.71 bits per heavy atom. The standard InChI is InChI=1S/C17H16Cl2N2/c1-17(2,11-20)13-4-6-14(7-5-13)21-10-12-3-8-15(18)16(19)9-12/h3-9,21H,10H2,1-2H3. The van der Waals surface area contributed by atoms with E-state index in [2.05, 4.69) is 11.4 Å². The topological polar surface area (TPSA) is 35.8 Å². The van der Waals surface area contributed by atoms with Gasteiger partial charge in [-0.25, -0.2) is 0 Å². The molecule has 0 bridgehead atoms. The third-order valence-electron chi connectivity index (χ3n) is 3.37. The summed E-state index contributed by atoms with van der Waals surface area (Å²) in [6.45, 7) is 4.48. The fourth-order valence-corrected chi connectivity index (χ4v) is 2.24. The van der Waals surface area contributed by atoms with Crippen LogP contribution in [0.3, 0.4) is 0 Å². The van der Waals surface area contributed by atoms with Gasteiger partial charge < -0.3 is 5.32 Å². The zero-order chi connectivity index (χ0) is 15.5. The largest absolute Gasteiger partial charge is 0.381 e. The molecule has 108 valence electrons. The molecule has 2 nitrogen and oxygen atoms in total. The molecule has 0 saturated heterocycles. The van der Waals surface area contributed by atoms with Gasteiger partial charge in [-0.15, -0.1) is 0 Å². The van der Waals surface area contributed by atoms with Crippen LogP contribution in [0.5, 0.6) is 0 Å². The van der Waals surface area contributed by atoms with E-state index in [-0.39, 0.29) is 0 Å². The zero-order valence-corrected chi connectivity index (χ0v) is 13.5. The van der Waals surface area contributed by atoms with Crippen LogP contribution < -0.4 is 5.32 Å². The van der Waals surface area contributed by atoms with Gasteiger partial charge in [0.25, 0.3) is 0 Å². The number of halogens is 2. The average Bonchev–Trinajstić information content (AvgIpc) is 2.49. The van der Waals surface area contributed by atoms with Crippen molar-refractivity contribution >= 4 is 28.9 Å². The van der Waals surface area contributed by atoms with Gasteiger partial charge in [-0.1, -0.05) is 41.4 Å². The Morgan fingerprint density at radius 1 is 1.05 bits per heavy atom. The molecule has 0 heterocycles. The Kier molecular flexibility index (Phi) is 4.77. The van der Waals surface area contributed by atoms with Crippen molar-refractivity contribution in [3.8, 4) is 6.07 Å². The molecule has 1 N–H and O–H groups in total. The van der Waals surface area contributed by atoms with E-state index >= 15 is 0 Å². The highest BCUT2D eigenvalue weighted by atomic mass is 35.5. The second-order valence-corrected chi connectivity index (χ2v) is 6.23. The van der Waals surface area contributed by atoms with Crippen molar-refractivity contribution < 1.29 is 0 Å². The molecular weight excluding hydrogens is 303 g/mol. The van der Waals surface area contributed by atoms with Gasteiger partial charge in [-0.2, -0.15) is 5.26 Å². The van der Waals surface area contributed by atoms with Gasteiger partial charge in [0, 0.05) is 12.2 Å². The Bertz CT molecular complexity index is 670. The van der Waals surface area contributed by atoms with Crippen LogP contribution in [-0.4, -0.2) is 0 Å². The molecule has 0 aromatic heterocycles. The van der Waals surface area contributed by atoms with Gasteiger partial charge >= 0.3 is 0 Å². The van der Waals surface area contributed by atoms with E-state index < -0.39 is 5.41 Å². The molecule has 0 fully saturated rings. The minimum atomic E-state index is -0.470. The number of anilines is 1. The minimum Gasteiger partial charge on any atom is -0.381 e. The third-order valence-corrected chi connectivity index (χ3v) is 4.11. The molecule has 0 amide bonds. The number of hydrogen-bond acceptors (Lipinski definition) is 2. The van der Waals surface area contributed by atoms with Crippen LogP contribution in [-0.2, 0) is 12.0 Å². The molecule has 0 aliphatic carbocycles. The van der Waals surface area contributed by atoms with Crippen LogP contribution in [0.25, 0.3) is 0 Å². The number of rotatable bonds is 4. The lowest BCUT2D eigenvalue weighted by atomic mass is 9.86. The molecule has 0 radical (unpaired) electrons. The molecule has 2 aromatic carbocycles. The van der Waals surface area contributed by atoms with Gasteiger partial charge in [-0.05, 0) is 49.2 Å². The fourth-order valence-electron chi connectivity index (χ4n) is 1.92. The first-order valence-electron chi connectivity index (χ1n) is 6.62. The van der Waals surface area contributed by atoms with E-state index in [4.69, 9.17) is 28.5 Å². The zero-order valence-electron chi connectivity index (χ0n) is 12.0. The van der Waals surface area contributed by atoms with Gasteiger partial charge in [0.05, 0.1) is 21.5 Å². The van der Waals surface area contributed by atoms with Gasteiger partial charge in [0.2, 0.25) is 0 Å². The summed E-state index contributed by atoms with van der Waals surface area (Å²) < 4.78 is 0. The fraction of sp³-hybridized carbons (Fsp3) is 0.235. The van der Waals surface area contributed by atoms with Gasteiger partial charge in [-0.3, -0.25) is 0 Å². The molecule has 0 aliphatic rings. The Hall–Kier alpha value is -1.69. The third kappa shape index (κ3) is 3.91. The van der Waals surface area contributed by atoms with Crippen molar-refractivity contribution in [2.45, 2.75) is 25.8 Å². The molecule has 2 rings (SSSR count). The highest BCUT2D eigenvalue weighted by Gasteiger charge is 2.18. The lowest BCUT2D eigenvalue weighted by Crippen LogP contribution is -2.13. The van der Waals surface area contributed by atoms with Crippen LogP contribution in [0.15, 0.2) is 42.5 Å².